The van der Waals surface area contributed by atoms with E-state index in [-0.39, 0.29) is 12.2 Å². The van der Waals surface area contributed by atoms with Crippen molar-refractivity contribution in [3.05, 3.63) is 60.2 Å². The lowest BCUT2D eigenvalue weighted by Gasteiger charge is -2.14. The topological polar surface area (TPSA) is 93.1 Å². The number of rotatable bonds is 13. The Bertz CT molecular complexity index is 932. The predicted octanol–water partition coefficient (Wildman–Crippen LogP) is 4.85. The fraction of sp³-hybridized carbons (Fsp3) is 0.407. The fourth-order valence-electron chi connectivity index (χ4n) is 3.28. The van der Waals surface area contributed by atoms with Crippen LogP contribution in [0.4, 0.5) is 0 Å². The van der Waals surface area contributed by atoms with E-state index in [9.17, 15) is 14.7 Å². The van der Waals surface area contributed by atoms with Crippen molar-refractivity contribution in [1.82, 2.24) is 0 Å². The largest absolute Gasteiger partial charge is 0.426 e. The van der Waals surface area contributed by atoms with Gasteiger partial charge in [-0.25, -0.2) is 4.79 Å². The highest BCUT2D eigenvalue weighted by Gasteiger charge is 2.16. The van der Waals surface area contributed by atoms with Gasteiger partial charge in [0.05, 0.1) is 24.7 Å². The maximum absolute atomic E-state index is 12.1. The van der Waals surface area contributed by atoms with Crippen LogP contribution in [0.1, 0.15) is 51.5 Å². The number of esters is 2. The van der Waals surface area contributed by atoms with E-state index in [2.05, 4.69) is 13.5 Å². The number of hydrogen-bond donors (Lipinski definition) is 2. The zero-order chi connectivity index (χ0) is 24.2. The third kappa shape index (κ3) is 8.15. The number of aliphatic hydroxyl groups is 2. The van der Waals surface area contributed by atoms with Gasteiger partial charge in [-0.1, -0.05) is 57.4 Å². The van der Waals surface area contributed by atoms with E-state index in [1.807, 2.05) is 24.3 Å². The molecule has 0 radical (unpaired) electrons. The van der Waals surface area contributed by atoms with Crippen molar-refractivity contribution in [2.45, 2.75) is 52.4 Å². The molecule has 1 atom stereocenters. The van der Waals surface area contributed by atoms with Crippen molar-refractivity contribution >= 4 is 11.9 Å². The van der Waals surface area contributed by atoms with E-state index < -0.39 is 24.5 Å². The molecule has 0 spiro atoms. The molecule has 0 saturated carbocycles. The molecule has 6 heteroatoms. The lowest BCUT2D eigenvalue weighted by molar-refractivity contribution is -0.139. The van der Waals surface area contributed by atoms with Crippen molar-refractivity contribution < 1.29 is 29.3 Å². The van der Waals surface area contributed by atoms with Crippen molar-refractivity contribution in [1.29, 1.82) is 0 Å². The predicted molar refractivity (Wildman–Crippen MR) is 128 cm³/mol. The molecule has 0 heterocycles. The van der Waals surface area contributed by atoms with Crippen LogP contribution in [0.15, 0.2) is 54.6 Å². The normalized spacial score (nSPS) is 11.6. The van der Waals surface area contributed by atoms with Gasteiger partial charge in [-0.15, -0.1) is 0 Å². The first kappa shape index (κ1) is 26.3. The quantitative estimate of drug-likeness (QED) is 0.194. The molecule has 0 aliphatic heterocycles. The molecule has 0 bridgehead atoms. The second kappa shape index (κ2) is 13.6. The van der Waals surface area contributed by atoms with Gasteiger partial charge in [-0.2, -0.15) is 0 Å². The molecule has 0 fully saturated rings. The number of hydrogen-bond acceptors (Lipinski definition) is 6. The Hall–Kier alpha value is -2.96. The highest BCUT2D eigenvalue weighted by molar-refractivity contribution is 5.89. The van der Waals surface area contributed by atoms with Gasteiger partial charge in [0.25, 0.3) is 0 Å². The average Bonchev–Trinajstić information content (AvgIpc) is 2.83. The Morgan fingerprint density at radius 3 is 2.24 bits per heavy atom. The zero-order valence-electron chi connectivity index (χ0n) is 19.5. The van der Waals surface area contributed by atoms with Gasteiger partial charge >= 0.3 is 11.9 Å². The summed E-state index contributed by atoms with van der Waals surface area (Å²) in [5, 5.41) is 18.2. The Morgan fingerprint density at radius 2 is 1.61 bits per heavy atom. The number of ether oxygens (including phenoxy) is 2. The minimum absolute atomic E-state index is 0.00918. The third-order valence-electron chi connectivity index (χ3n) is 5.38. The Labute approximate surface area is 195 Å². The van der Waals surface area contributed by atoms with Gasteiger partial charge in [0.15, 0.2) is 0 Å². The summed E-state index contributed by atoms with van der Waals surface area (Å²) in [5.41, 5.74) is 3.01. The van der Waals surface area contributed by atoms with Crippen LogP contribution in [0.2, 0.25) is 0 Å². The molecule has 178 valence electrons. The summed E-state index contributed by atoms with van der Waals surface area (Å²) >= 11 is 0. The molecule has 0 aromatic heterocycles. The summed E-state index contributed by atoms with van der Waals surface area (Å²) in [6.07, 6.45) is 6.58. The summed E-state index contributed by atoms with van der Waals surface area (Å²) in [6, 6.07) is 12.7. The Morgan fingerprint density at radius 1 is 0.939 bits per heavy atom. The molecule has 1 unspecified atom stereocenters. The van der Waals surface area contributed by atoms with E-state index >= 15 is 0 Å². The lowest BCUT2D eigenvalue weighted by Crippen LogP contribution is -2.20. The van der Waals surface area contributed by atoms with Crippen LogP contribution in [0.3, 0.4) is 0 Å². The maximum Gasteiger partial charge on any atom is 0.341 e. The highest BCUT2D eigenvalue weighted by atomic mass is 16.5. The first-order valence-electron chi connectivity index (χ1n) is 11.5. The summed E-state index contributed by atoms with van der Waals surface area (Å²) in [4.78, 5) is 23.9. The number of unbranched alkanes of at least 4 members (excludes halogenated alkanes) is 4. The van der Waals surface area contributed by atoms with Gasteiger partial charge in [-0.3, -0.25) is 4.79 Å². The van der Waals surface area contributed by atoms with Crippen LogP contribution < -0.4 is 9.47 Å². The number of carbonyl (C=O) groups is 2. The monoisotopic (exact) mass is 454 g/mol. The number of benzene rings is 2. The third-order valence-corrected chi connectivity index (χ3v) is 5.38. The molecule has 33 heavy (non-hydrogen) atoms. The molecule has 0 saturated heterocycles. The summed E-state index contributed by atoms with van der Waals surface area (Å²) in [7, 11) is 0. The fourth-order valence-corrected chi connectivity index (χ4v) is 3.28. The van der Waals surface area contributed by atoms with Crippen LogP contribution >= 0.6 is 0 Å². The smallest absolute Gasteiger partial charge is 0.341 e. The average molecular weight is 455 g/mol. The van der Waals surface area contributed by atoms with E-state index in [0.717, 1.165) is 36.0 Å². The molecule has 0 aliphatic rings. The number of carbonyl (C=O) groups excluding carboxylic acids is 2. The van der Waals surface area contributed by atoms with Crippen LogP contribution in [-0.4, -0.2) is 35.4 Å². The molecule has 6 nitrogen and oxygen atoms in total. The Kier molecular flexibility index (Phi) is 10.8. The lowest BCUT2D eigenvalue weighted by atomic mass is 9.95. The molecule has 0 amide bonds. The minimum Gasteiger partial charge on any atom is -0.426 e. The van der Waals surface area contributed by atoms with Crippen LogP contribution in [0.5, 0.6) is 11.5 Å². The molecule has 0 aliphatic carbocycles. The first-order chi connectivity index (χ1) is 15.9. The minimum atomic E-state index is -0.665. The van der Waals surface area contributed by atoms with Crippen molar-refractivity contribution in [3.63, 3.8) is 0 Å². The van der Waals surface area contributed by atoms with E-state index in [0.29, 0.717) is 11.5 Å². The second-order valence-electron chi connectivity index (χ2n) is 8.16. The highest BCUT2D eigenvalue weighted by Crippen LogP contribution is 2.31. The molecule has 2 aromatic carbocycles. The maximum atomic E-state index is 12.1. The molecule has 2 rings (SSSR count). The van der Waals surface area contributed by atoms with Crippen molar-refractivity contribution in [2.75, 3.05) is 13.2 Å². The van der Waals surface area contributed by atoms with Crippen LogP contribution in [-0.2, 0) is 16.0 Å². The number of aliphatic hydroxyl groups excluding tert-OH is 2. The molecule has 2 N–H and O–H groups in total. The molecule has 2 aromatic rings. The Balaban J connectivity index is 2.23. The van der Waals surface area contributed by atoms with Crippen LogP contribution in [0.25, 0.3) is 11.1 Å². The van der Waals surface area contributed by atoms with Gasteiger partial charge in [0.2, 0.25) is 0 Å². The number of aryl methyl sites for hydroxylation is 1. The van der Waals surface area contributed by atoms with Gasteiger partial charge in [0, 0.05) is 0 Å². The van der Waals surface area contributed by atoms with E-state index in [1.165, 1.54) is 19.3 Å². The van der Waals surface area contributed by atoms with Gasteiger partial charge in [-0.05, 0) is 60.7 Å². The van der Waals surface area contributed by atoms with Crippen molar-refractivity contribution in [3.8, 4) is 22.6 Å². The SMILES string of the molecule is C=C(CO)C(=O)Oc1ccc(-c2ccc(OC(=O)C(C)CO)cc2CCCCCCC)cc1. The van der Waals surface area contributed by atoms with E-state index in [1.54, 1.807) is 25.1 Å². The van der Waals surface area contributed by atoms with Gasteiger partial charge < -0.3 is 19.7 Å². The molecular weight excluding hydrogens is 420 g/mol. The van der Waals surface area contributed by atoms with Crippen molar-refractivity contribution in [2.24, 2.45) is 5.92 Å². The first-order valence-corrected chi connectivity index (χ1v) is 11.5. The summed E-state index contributed by atoms with van der Waals surface area (Å²) in [5.74, 6) is -0.890. The second-order valence-corrected chi connectivity index (χ2v) is 8.16. The summed E-state index contributed by atoms with van der Waals surface area (Å²) < 4.78 is 10.7. The standard InChI is InChI=1S/C27H34O6/c1-4-5-6-7-8-9-22-16-24(33-27(31)20(3)18-29)14-15-25(22)21-10-12-23(13-11-21)32-26(30)19(2)17-28/h10-16,20,28-29H,2,4-9,17-18H2,1,3H3. The molecular formula is C27H34O6. The van der Waals surface area contributed by atoms with Gasteiger partial charge in [0.1, 0.15) is 11.5 Å². The summed E-state index contributed by atoms with van der Waals surface area (Å²) in [6.45, 7) is 6.56. The zero-order valence-corrected chi connectivity index (χ0v) is 19.5. The van der Waals surface area contributed by atoms with E-state index in [4.69, 9.17) is 14.6 Å². The van der Waals surface area contributed by atoms with Crippen LogP contribution in [0, 0.1) is 5.92 Å².